The first kappa shape index (κ1) is 11.8. The number of anilines is 1. The van der Waals surface area contributed by atoms with Crippen molar-refractivity contribution in [3.8, 4) is 5.75 Å². The van der Waals surface area contributed by atoms with Crippen molar-refractivity contribution in [2.24, 2.45) is 5.41 Å². The number of carboxylic acids is 1. The number of phenolic OH excluding ortho intramolecular Hbond substituents is 1. The number of hydrogen-bond donors (Lipinski definition) is 3. The summed E-state index contributed by atoms with van der Waals surface area (Å²) in [5.41, 5.74) is 0.981. The van der Waals surface area contributed by atoms with Crippen LogP contribution in [-0.2, 0) is 4.79 Å². The highest BCUT2D eigenvalue weighted by molar-refractivity contribution is 5.74. The molecule has 92 valence electrons. The van der Waals surface area contributed by atoms with Gasteiger partial charge in [0, 0.05) is 23.7 Å². The molecule has 2 rings (SSSR count). The lowest BCUT2D eigenvalue weighted by atomic mass is 9.80. The second kappa shape index (κ2) is 3.95. The predicted molar refractivity (Wildman–Crippen MR) is 65.4 cm³/mol. The Bertz CT molecular complexity index is 454. The molecule has 3 N–H and O–H groups in total. The van der Waals surface area contributed by atoms with E-state index in [1.54, 1.807) is 26.0 Å². The fourth-order valence-electron chi connectivity index (χ4n) is 2.35. The molecular weight excluding hydrogens is 218 g/mol. The molecule has 4 nitrogen and oxygen atoms in total. The van der Waals surface area contributed by atoms with Gasteiger partial charge in [-0.3, -0.25) is 4.79 Å². The third-order valence-corrected chi connectivity index (χ3v) is 3.37. The van der Waals surface area contributed by atoms with Crippen molar-refractivity contribution in [2.45, 2.75) is 26.2 Å². The van der Waals surface area contributed by atoms with Gasteiger partial charge in [-0.1, -0.05) is 6.07 Å². The van der Waals surface area contributed by atoms with Gasteiger partial charge in [-0.05, 0) is 32.4 Å². The average molecular weight is 235 g/mol. The summed E-state index contributed by atoms with van der Waals surface area (Å²) in [5, 5.41) is 22.2. The van der Waals surface area contributed by atoms with Crippen LogP contribution in [0.3, 0.4) is 0 Å². The van der Waals surface area contributed by atoms with Crippen LogP contribution in [0.15, 0.2) is 18.2 Å². The predicted octanol–water partition coefficient (Wildman–Crippen LogP) is 2.40. The summed E-state index contributed by atoms with van der Waals surface area (Å²) in [7, 11) is 0. The lowest BCUT2D eigenvalue weighted by molar-refractivity contribution is -0.147. The van der Waals surface area contributed by atoms with Crippen molar-refractivity contribution in [2.75, 3.05) is 11.9 Å². The number of carbonyl (C=O) groups is 1. The Morgan fingerprint density at radius 1 is 1.53 bits per heavy atom. The highest BCUT2D eigenvalue weighted by Crippen LogP contribution is 2.43. The Hall–Kier alpha value is -1.71. The van der Waals surface area contributed by atoms with Gasteiger partial charge in [-0.25, -0.2) is 0 Å². The fraction of sp³-hybridized carbons (Fsp3) is 0.462. The first-order valence-corrected chi connectivity index (χ1v) is 5.71. The number of hydrogen-bond acceptors (Lipinski definition) is 3. The van der Waals surface area contributed by atoms with E-state index in [9.17, 15) is 9.90 Å². The van der Waals surface area contributed by atoms with E-state index >= 15 is 0 Å². The molecular formula is C13H17NO3. The van der Waals surface area contributed by atoms with Gasteiger partial charge in [0.1, 0.15) is 5.75 Å². The van der Waals surface area contributed by atoms with E-state index in [-0.39, 0.29) is 11.7 Å². The summed E-state index contributed by atoms with van der Waals surface area (Å²) in [6.07, 6.45) is 0.514. The van der Waals surface area contributed by atoms with Crippen LogP contribution in [0.25, 0.3) is 0 Å². The second-order valence-electron chi connectivity index (χ2n) is 5.21. The first-order chi connectivity index (χ1) is 7.92. The van der Waals surface area contributed by atoms with Crippen LogP contribution in [0.1, 0.15) is 31.7 Å². The summed E-state index contributed by atoms with van der Waals surface area (Å²) >= 11 is 0. The van der Waals surface area contributed by atoms with Crippen molar-refractivity contribution in [3.63, 3.8) is 0 Å². The van der Waals surface area contributed by atoms with Gasteiger partial charge in [-0.2, -0.15) is 0 Å². The monoisotopic (exact) mass is 235 g/mol. The molecule has 0 aliphatic carbocycles. The Balaban J connectivity index is 2.26. The third kappa shape index (κ3) is 2.07. The van der Waals surface area contributed by atoms with Gasteiger partial charge in [0.05, 0.1) is 5.41 Å². The highest BCUT2D eigenvalue weighted by Gasteiger charge is 2.35. The van der Waals surface area contributed by atoms with Crippen LogP contribution in [0.5, 0.6) is 5.75 Å². The molecule has 1 aliphatic heterocycles. The van der Waals surface area contributed by atoms with E-state index in [4.69, 9.17) is 5.11 Å². The summed E-state index contributed by atoms with van der Waals surface area (Å²) in [6.45, 7) is 4.12. The molecule has 1 aromatic carbocycles. The van der Waals surface area contributed by atoms with Gasteiger partial charge in [-0.15, -0.1) is 0 Å². The van der Waals surface area contributed by atoms with Crippen LogP contribution in [-0.4, -0.2) is 22.7 Å². The van der Waals surface area contributed by atoms with Gasteiger partial charge < -0.3 is 15.5 Å². The zero-order valence-corrected chi connectivity index (χ0v) is 10.0. The number of aromatic hydroxyl groups is 1. The maximum Gasteiger partial charge on any atom is 0.309 e. The maximum atomic E-state index is 11.1. The van der Waals surface area contributed by atoms with E-state index in [2.05, 4.69) is 5.32 Å². The normalized spacial score (nSPS) is 18.6. The first-order valence-electron chi connectivity index (χ1n) is 5.71. The van der Waals surface area contributed by atoms with Crippen LogP contribution < -0.4 is 5.32 Å². The quantitative estimate of drug-likeness (QED) is 0.752. The van der Waals surface area contributed by atoms with Crippen molar-refractivity contribution in [1.82, 2.24) is 0 Å². The van der Waals surface area contributed by atoms with E-state index < -0.39 is 11.4 Å². The van der Waals surface area contributed by atoms with Crippen molar-refractivity contribution in [1.29, 1.82) is 0 Å². The summed E-state index contributed by atoms with van der Waals surface area (Å²) < 4.78 is 0. The van der Waals surface area contributed by atoms with E-state index in [0.717, 1.165) is 11.3 Å². The number of nitrogens with one attached hydrogen (secondary N) is 1. The molecule has 17 heavy (non-hydrogen) atoms. The molecule has 4 heteroatoms. The standard InChI is InChI=1S/C13H17NO3/c1-13(2,12(16)17)6-8-7-14-9-4-3-5-10(15)11(8)9/h3-5,8,14-15H,6-7H2,1-2H3,(H,16,17). The number of rotatable bonds is 3. The lowest BCUT2D eigenvalue weighted by Gasteiger charge is -2.23. The van der Waals surface area contributed by atoms with Crippen LogP contribution in [0.2, 0.25) is 0 Å². The Morgan fingerprint density at radius 2 is 2.24 bits per heavy atom. The molecule has 0 spiro atoms. The Kier molecular flexibility index (Phi) is 2.73. The van der Waals surface area contributed by atoms with Gasteiger partial charge >= 0.3 is 5.97 Å². The number of fused-ring (bicyclic) bond motifs is 1. The largest absolute Gasteiger partial charge is 0.508 e. The molecule has 0 fully saturated rings. The van der Waals surface area contributed by atoms with Crippen LogP contribution >= 0.6 is 0 Å². The number of benzene rings is 1. The molecule has 1 aromatic rings. The van der Waals surface area contributed by atoms with Crippen molar-refractivity contribution < 1.29 is 15.0 Å². The second-order valence-corrected chi connectivity index (χ2v) is 5.21. The zero-order valence-electron chi connectivity index (χ0n) is 10.0. The molecule has 1 atom stereocenters. The molecule has 1 heterocycles. The Morgan fingerprint density at radius 3 is 2.88 bits per heavy atom. The Labute approximate surface area is 100 Å². The zero-order chi connectivity index (χ0) is 12.6. The topological polar surface area (TPSA) is 69.6 Å². The minimum atomic E-state index is -0.804. The molecule has 1 aliphatic rings. The average Bonchev–Trinajstić information content (AvgIpc) is 2.62. The third-order valence-electron chi connectivity index (χ3n) is 3.37. The molecule has 0 amide bonds. The molecule has 0 saturated heterocycles. The minimum absolute atomic E-state index is 0.0531. The molecule has 0 radical (unpaired) electrons. The van der Waals surface area contributed by atoms with Gasteiger partial charge in [0.2, 0.25) is 0 Å². The molecule has 0 aromatic heterocycles. The summed E-state index contributed by atoms with van der Waals surface area (Å²) in [4.78, 5) is 11.1. The van der Waals surface area contributed by atoms with Crippen molar-refractivity contribution >= 4 is 11.7 Å². The van der Waals surface area contributed by atoms with Crippen LogP contribution in [0, 0.1) is 5.41 Å². The number of aliphatic carboxylic acids is 1. The van der Waals surface area contributed by atoms with Gasteiger partial charge in [0.15, 0.2) is 0 Å². The molecule has 0 bridgehead atoms. The van der Waals surface area contributed by atoms with E-state index in [1.807, 2.05) is 6.07 Å². The van der Waals surface area contributed by atoms with Gasteiger partial charge in [0.25, 0.3) is 0 Å². The lowest BCUT2D eigenvalue weighted by Crippen LogP contribution is -2.26. The smallest absolute Gasteiger partial charge is 0.309 e. The fourth-order valence-corrected chi connectivity index (χ4v) is 2.35. The number of phenols is 1. The molecule has 1 unspecified atom stereocenters. The maximum absolute atomic E-state index is 11.1. The van der Waals surface area contributed by atoms with Crippen LogP contribution in [0.4, 0.5) is 5.69 Å². The van der Waals surface area contributed by atoms with E-state index in [0.29, 0.717) is 13.0 Å². The molecule has 0 saturated carbocycles. The minimum Gasteiger partial charge on any atom is -0.508 e. The summed E-state index contributed by atoms with van der Waals surface area (Å²) in [5.74, 6) is -0.502. The van der Waals surface area contributed by atoms with E-state index in [1.165, 1.54) is 0 Å². The summed E-state index contributed by atoms with van der Waals surface area (Å²) in [6, 6.07) is 5.33. The van der Waals surface area contributed by atoms with Crippen molar-refractivity contribution in [3.05, 3.63) is 23.8 Å². The highest BCUT2D eigenvalue weighted by atomic mass is 16.4. The number of carboxylic acid groups (broad SMARTS) is 1. The SMILES string of the molecule is CC(C)(CC1CNc2cccc(O)c21)C(=O)O.